The summed E-state index contributed by atoms with van der Waals surface area (Å²) in [5, 5.41) is 0. The van der Waals surface area contributed by atoms with Crippen molar-refractivity contribution in [2.75, 3.05) is 27.7 Å². The molecule has 35 heavy (non-hydrogen) atoms. The number of methoxy groups -OCH3 is 1. The van der Waals surface area contributed by atoms with Gasteiger partial charge < -0.3 is 9.64 Å². The van der Waals surface area contributed by atoms with Crippen molar-refractivity contribution in [3.63, 3.8) is 0 Å². The van der Waals surface area contributed by atoms with Crippen LogP contribution in [-0.2, 0) is 11.8 Å². The number of aryl methyl sites for hydroxylation is 1. The Hall–Kier alpha value is -1.28. The van der Waals surface area contributed by atoms with Crippen molar-refractivity contribution >= 4 is 0 Å². The summed E-state index contributed by atoms with van der Waals surface area (Å²) in [6.45, 7) is 19.0. The molecular weight excluding hydrogens is 426 g/mol. The number of hydrogen-bond acceptors (Lipinski definition) is 2. The largest absolute Gasteiger partial charge is 0.496 e. The molecule has 0 spiro atoms. The Morgan fingerprint density at radius 3 is 2.29 bits per heavy atom. The maximum atomic E-state index is 5.83. The molecule has 4 aliphatic rings. The first-order valence-corrected chi connectivity index (χ1v) is 14.3. The van der Waals surface area contributed by atoms with Crippen LogP contribution < -0.4 is 4.74 Å². The zero-order chi connectivity index (χ0) is 25.6. The van der Waals surface area contributed by atoms with E-state index in [2.05, 4.69) is 79.6 Å². The zero-order valence-electron chi connectivity index (χ0n) is 24.5. The Morgan fingerprint density at radius 1 is 0.943 bits per heavy atom. The van der Waals surface area contributed by atoms with Gasteiger partial charge in [-0.3, -0.25) is 0 Å². The molecule has 3 saturated carbocycles. The van der Waals surface area contributed by atoms with Gasteiger partial charge in [0, 0.05) is 12.0 Å². The van der Waals surface area contributed by atoms with Gasteiger partial charge >= 0.3 is 0 Å². The molecule has 0 amide bonds. The van der Waals surface area contributed by atoms with Crippen molar-refractivity contribution in [1.82, 2.24) is 4.90 Å². The minimum absolute atomic E-state index is 0.152. The number of benzene rings is 1. The molecule has 6 atom stereocenters. The monoisotopic (exact) mass is 477 g/mol. The SMILES string of the molecule is COc1c(C)cc2c(c1C)CC=C1[C@@]2(C)CC[C@@]2(C)[C@@H]3C[C@](C)(CN(C)C)CC[C@]3(C)CC[C@]12C. The quantitative estimate of drug-likeness (QED) is 0.409. The van der Waals surface area contributed by atoms with Crippen LogP contribution in [0.3, 0.4) is 0 Å². The van der Waals surface area contributed by atoms with E-state index in [0.29, 0.717) is 16.2 Å². The molecule has 0 N–H and O–H groups in total. The van der Waals surface area contributed by atoms with E-state index in [1.54, 1.807) is 11.1 Å². The lowest BCUT2D eigenvalue weighted by Gasteiger charge is -2.70. The molecule has 2 heteroatoms. The molecule has 3 fully saturated rings. The third-order valence-corrected chi connectivity index (χ3v) is 12.2. The van der Waals surface area contributed by atoms with Crippen LogP contribution >= 0.6 is 0 Å². The number of hydrogen-bond donors (Lipinski definition) is 0. The van der Waals surface area contributed by atoms with Crippen LogP contribution in [0.2, 0.25) is 0 Å². The Balaban J connectivity index is 1.59. The van der Waals surface area contributed by atoms with E-state index < -0.39 is 0 Å². The Kier molecular flexibility index (Phi) is 5.70. The molecule has 0 aliphatic heterocycles. The molecule has 1 aromatic carbocycles. The van der Waals surface area contributed by atoms with E-state index in [4.69, 9.17) is 4.74 Å². The van der Waals surface area contributed by atoms with Gasteiger partial charge in [0.1, 0.15) is 5.75 Å². The van der Waals surface area contributed by atoms with Gasteiger partial charge in [-0.25, -0.2) is 0 Å². The number of ether oxygens (including phenoxy) is 1. The van der Waals surface area contributed by atoms with Crippen LogP contribution in [0.15, 0.2) is 17.7 Å². The maximum Gasteiger partial charge on any atom is 0.124 e. The molecule has 1 aromatic rings. The summed E-state index contributed by atoms with van der Waals surface area (Å²) < 4.78 is 5.83. The smallest absolute Gasteiger partial charge is 0.124 e. The van der Waals surface area contributed by atoms with Gasteiger partial charge in [-0.05, 0) is 129 Å². The lowest BCUT2D eigenvalue weighted by atomic mass is 9.34. The number of allylic oxidation sites excluding steroid dienone is 2. The fourth-order valence-electron chi connectivity index (χ4n) is 10.2. The van der Waals surface area contributed by atoms with Crippen molar-refractivity contribution in [3.05, 3.63) is 40.0 Å². The first-order chi connectivity index (χ1) is 16.2. The summed E-state index contributed by atoms with van der Waals surface area (Å²) in [6, 6.07) is 2.49. The summed E-state index contributed by atoms with van der Waals surface area (Å²) in [7, 11) is 6.36. The van der Waals surface area contributed by atoms with Gasteiger partial charge in [-0.15, -0.1) is 0 Å². The van der Waals surface area contributed by atoms with Crippen LogP contribution in [-0.4, -0.2) is 32.6 Å². The van der Waals surface area contributed by atoms with E-state index >= 15 is 0 Å². The van der Waals surface area contributed by atoms with Crippen molar-refractivity contribution < 1.29 is 4.74 Å². The predicted molar refractivity (Wildman–Crippen MR) is 148 cm³/mol. The molecule has 2 nitrogen and oxygen atoms in total. The molecule has 0 aromatic heterocycles. The van der Waals surface area contributed by atoms with Crippen LogP contribution in [0.5, 0.6) is 5.75 Å². The van der Waals surface area contributed by atoms with Gasteiger partial charge in [0.05, 0.1) is 7.11 Å². The fourth-order valence-corrected chi connectivity index (χ4v) is 10.2. The third kappa shape index (κ3) is 3.37. The zero-order valence-corrected chi connectivity index (χ0v) is 24.5. The summed E-state index contributed by atoms with van der Waals surface area (Å²) in [5.41, 5.74) is 9.30. The highest BCUT2D eigenvalue weighted by molar-refractivity contribution is 5.58. The summed E-state index contributed by atoms with van der Waals surface area (Å²) >= 11 is 0. The second-order valence-electron chi connectivity index (χ2n) is 14.7. The fraction of sp³-hybridized carbons (Fsp3) is 0.758. The molecule has 4 aliphatic carbocycles. The highest BCUT2D eigenvalue weighted by Gasteiger charge is 2.66. The summed E-state index contributed by atoms with van der Waals surface area (Å²) in [4.78, 5) is 2.44. The molecule has 5 rings (SSSR count). The van der Waals surface area contributed by atoms with Crippen molar-refractivity contribution in [2.24, 2.45) is 27.6 Å². The number of rotatable bonds is 3. The van der Waals surface area contributed by atoms with Crippen molar-refractivity contribution in [2.45, 2.75) is 105 Å². The van der Waals surface area contributed by atoms with Crippen LogP contribution in [0.25, 0.3) is 0 Å². The van der Waals surface area contributed by atoms with Crippen LogP contribution in [0.4, 0.5) is 0 Å². The summed E-state index contributed by atoms with van der Waals surface area (Å²) in [5.74, 6) is 1.89. The molecule has 0 radical (unpaired) electrons. The first-order valence-electron chi connectivity index (χ1n) is 14.3. The minimum Gasteiger partial charge on any atom is -0.496 e. The van der Waals surface area contributed by atoms with Crippen molar-refractivity contribution in [3.8, 4) is 5.75 Å². The normalized spacial score (nSPS) is 42.5. The van der Waals surface area contributed by atoms with Crippen LogP contribution in [0, 0.1) is 41.4 Å². The van der Waals surface area contributed by atoms with Crippen molar-refractivity contribution in [1.29, 1.82) is 0 Å². The van der Waals surface area contributed by atoms with Gasteiger partial charge in [-0.1, -0.05) is 52.3 Å². The highest BCUT2D eigenvalue weighted by Crippen LogP contribution is 2.74. The molecule has 0 unspecified atom stereocenters. The Bertz CT molecular complexity index is 1070. The maximum absolute atomic E-state index is 5.83. The third-order valence-electron chi connectivity index (χ3n) is 12.2. The Morgan fingerprint density at radius 2 is 1.63 bits per heavy atom. The summed E-state index contributed by atoms with van der Waals surface area (Å²) in [6.07, 6.45) is 13.3. The minimum atomic E-state index is 0.152. The van der Waals surface area contributed by atoms with Gasteiger partial charge in [0.25, 0.3) is 0 Å². The average molecular weight is 478 g/mol. The molecule has 0 bridgehead atoms. The standard InChI is InChI=1S/C33H51NO/c1-22-19-25-24(23(2)28(22)35-10)11-12-26-31(25,5)16-18-33(7)27-20-29(3,21-34(8)9)13-14-30(27,4)15-17-32(26,33)6/h12,19,27H,11,13-18,20-21H2,1-10H3/t27-,29-,30-,31+,32-,33+/m1/s1. The van der Waals surface area contributed by atoms with Crippen LogP contribution in [0.1, 0.15) is 102 Å². The number of nitrogens with zero attached hydrogens (tertiary/aromatic N) is 1. The first kappa shape index (κ1) is 25.4. The predicted octanol–water partition coefficient (Wildman–Crippen LogP) is 8.03. The molecule has 0 heterocycles. The lowest BCUT2D eigenvalue weighted by Crippen LogP contribution is -2.62. The van der Waals surface area contributed by atoms with E-state index in [1.165, 1.54) is 68.2 Å². The van der Waals surface area contributed by atoms with Gasteiger partial charge in [-0.2, -0.15) is 0 Å². The average Bonchev–Trinajstić information content (AvgIpc) is 2.77. The number of fused-ring (bicyclic) bond motifs is 7. The van der Waals surface area contributed by atoms with Gasteiger partial charge in [0.2, 0.25) is 0 Å². The molecule has 0 saturated heterocycles. The van der Waals surface area contributed by atoms with E-state index in [-0.39, 0.29) is 10.8 Å². The second-order valence-corrected chi connectivity index (χ2v) is 14.7. The molecular formula is C33H51NO. The Labute approximate surface area is 215 Å². The molecule has 194 valence electrons. The lowest BCUT2D eigenvalue weighted by molar-refractivity contribution is -0.160. The topological polar surface area (TPSA) is 12.5 Å². The van der Waals surface area contributed by atoms with E-state index in [0.717, 1.165) is 18.1 Å². The van der Waals surface area contributed by atoms with Gasteiger partial charge in [0.15, 0.2) is 0 Å². The second kappa shape index (κ2) is 7.86. The highest BCUT2D eigenvalue weighted by atomic mass is 16.5. The van der Waals surface area contributed by atoms with E-state index in [9.17, 15) is 0 Å². The van der Waals surface area contributed by atoms with E-state index in [1.807, 2.05) is 7.11 Å².